The van der Waals surface area contributed by atoms with Crippen molar-refractivity contribution in [1.29, 1.82) is 0 Å². The highest BCUT2D eigenvalue weighted by Gasteiger charge is 2.28. The van der Waals surface area contributed by atoms with Gasteiger partial charge in [-0.05, 0) is 39.3 Å². The summed E-state index contributed by atoms with van der Waals surface area (Å²) in [4.78, 5) is 0. The molecule has 0 aromatic heterocycles. The van der Waals surface area contributed by atoms with Crippen LogP contribution in [-0.2, 0) is 20.0 Å². The van der Waals surface area contributed by atoms with Gasteiger partial charge in [0, 0.05) is 19.6 Å². The SMILES string of the molecule is CCS(=O)(=O)NCCS(=O)(=O)N1CCCC(CNC)C1.Cl. The first-order valence-corrected chi connectivity index (χ1v) is 10.2. The Kier molecular flexibility index (Phi) is 9.29. The fourth-order valence-corrected chi connectivity index (χ4v) is 4.50. The van der Waals surface area contributed by atoms with Gasteiger partial charge in [-0.3, -0.25) is 0 Å². The molecule has 1 fully saturated rings. The summed E-state index contributed by atoms with van der Waals surface area (Å²) in [6.45, 7) is 3.30. The Labute approximate surface area is 134 Å². The third kappa shape index (κ3) is 7.25. The molecule has 0 amide bonds. The van der Waals surface area contributed by atoms with Gasteiger partial charge in [-0.15, -0.1) is 12.4 Å². The summed E-state index contributed by atoms with van der Waals surface area (Å²) in [5.74, 6) is 0.107. The van der Waals surface area contributed by atoms with E-state index >= 15 is 0 Å². The van der Waals surface area contributed by atoms with E-state index in [0.717, 1.165) is 19.4 Å². The highest BCUT2D eigenvalue weighted by atomic mass is 35.5. The fraction of sp³-hybridized carbons (Fsp3) is 1.00. The normalized spacial score (nSPS) is 21.0. The van der Waals surface area contributed by atoms with Crippen LogP contribution in [-0.4, -0.2) is 65.9 Å². The lowest BCUT2D eigenvalue weighted by Crippen LogP contribution is -2.45. The van der Waals surface area contributed by atoms with Crippen molar-refractivity contribution >= 4 is 32.5 Å². The maximum Gasteiger partial charge on any atom is 0.215 e. The van der Waals surface area contributed by atoms with Crippen LogP contribution in [0.1, 0.15) is 19.8 Å². The Balaban J connectivity index is 0.00000400. The summed E-state index contributed by atoms with van der Waals surface area (Å²) in [6.07, 6.45) is 1.88. The Bertz CT molecular complexity index is 494. The molecule has 0 saturated carbocycles. The third-order valence-corrected chi connectivity index (χ3v) is 6.67. The van der Waals surface area contributed by atoms with E-state index < -0.39 is 20.0 Å². The van der Waals surface area contributed by atoms with Gasteiger partial charge >= 0.3 is 0 Å². The topological polar surface area (TPSA) is 95.6 Å². The number of halogens is 1. The zero-order chi connectivity index (χ0) is 15.2. The van der Waals surface area contributed by atoms with Gasteiger partial charge in [0.1, 0.15) is 0 Å². The number of hydrogen-bond donors (Lipinski definition) is 2. The van der Waals surface area contributed by atoms with Gasteiger partial charge in [0.2, 0.25) is 20.0 Å². The number of rotatable bonds is 8. The Morgan fingerprint density at radius 3 is 2.48 bits per heavy atom. The van der Waals surface area contributed by atoms with Crippen LogP contribution in [0.4, 0.5) is 0 Å². The molecule has 0 aliphatic carbocycles. The summed E-state index contributed by atoms with van der Waals surface area (Å²) >= 11 is 0. The summed E-state index contributed by atoms with van der Waals surface area (Å²) in [5, 5.41) is 3.07. The standard InChI is InChI=1S/C11H25N3O4S2.ClH/c1-3-19(15,16)13-6-8-20(17,18)14-7-4-5-11(10-14)9-12-2;/h11-13H,3-10H2,1-2H3;1H. The first kappa shape index (κ1) is 21.1. The van der Waals surface area contributed by atoms with Crippen molar-refractivity contribution in [1.82, 2.24) is 14.3 Å². The molecule has 7 nitrogen and oxygen atoms in total. The van der Waals surface area contributed by atoms with Gasteiger partial charge in [-0.25, -0.2) is 25.9 Å². The quantitative estimate of drug-likeness (QED) is 0.612. The minimum absolute atomic E-state index is 0. The van der Waals surface area contributed by atoms with Crippen LogP contribution in [0.25, 0.3) is 0 Å². The lowest BCUT2D eigenvalue weighted by molar-refractivity contribution is 0.263. The molecule has 1 atom stereocenters. The number of nitrogens with zero attached hydrogens (tertiary/aromatic N) is 1. The number of hydrogen-bond acceptors (Lipinski definition) is 5. The van der Waals surface area contributed by atoms with E-state index in [1.807, 2.05) is 7.05 Å². The van der Waals surface area contributed by atoms with E-state index in [4.69, 9.17) is 0 Å². The zero-order valence-electron chi connectivity index (χ0n) is 12.5. The summed E-state index contributed by atoms with van der Waals surface area (Å²) in [5.41, 5.74) is 0. The number of piperidine rings is 1. The summed E-state index contributed by atoms with van der Waals surface area (Å²) < 4.78 is 50.7. The number of nitrogens with one attached hydrogen (secondary N) is 2. The lowest BCUT2D eigenvalue weighted by atomic mass is 10.00. The van der Waals surface area contributed by atoms with E-state index in [1.54, 1.807) is 0 Å². The monoisotopic (exact) mass is 363 g/mol. The molecule has 2 N–H and O–H groups in total. The van der Waals surface area contributed by atoms with Gasteiger partial charge in [0.15, 0.2) is 0 Å². The number of sulfonamides is 2. The summed E-state index contributed by atoms with van der Waals surface area (Å²) in [7, 11) is -4.87. The second-order valence-corrected chi connectivity index (χ2v) is 9.22. The smallest absolute Gasteiger partial charge is 0.215 e. The highest BCUT2D eigenvalue weighted by molar-refractivity contribution is 7.90. The molecule has 0 bridgehead atoms. The van der Waals surface area contributed by atoms with Gasteiger partial charge in [-0.2, -0.15) is 0 Å². The largest absolute Gasteiger partial charge is 0.319 e. The molecule has 128 valence electrons. The molecule has 0 aromatic rings. The Morgan fingerprint density at radius 2 is 1.90 bits per heavy atom. The molecule has 1 aliphatic heterocycles. The summed E-state index contributed by atoms with van der Waals surface area (Å²) in [6, 6.07) is 0. The molecule has 1 aliphatic rings. The van der Waals surface area contributed by atoms with Crippen molar-refractivity contribution in [2.75, 3.05) is 44.7 Å². The minimum atomic E-state index is -3.39. The van der Waals surface area contributed by atoms with Crippen molar-refractivity contribution in [2.45, 2.75) is 19.8 Å². The van der Waals surface area contributed by atoms with Gasteiger partial charge in [0.25, 0.3) is 0 Å². The molecule has 0 radical (unpaired) electrons. The zero-order valence-corrected chi connectivity index (χ0v) is 15.0. The molecule has 1 rings (SSSR count). The molecule has 10 heteroatoms. The first-order chi connectivity index (χ1) is 9.30. The van der Waals surface area contributed by atoms with Crippen LogP contribution in [0, 0.1) is 5.92 Å². The van der Waals surface area contributed by atoms with Crippen molar-refractivity contribution in [2.24, 2.45) is 5.92 Å². The second-order valence-electron chi connectivity index (χ2n) is 5.04. The van der Waals surface area contributed by atoms with Crippen LogP contribution >= 0.6 is 12.4 Å². The van der Waals surface area contributed by atoms with E-state index in [1.165, 1.54) is 11.2 Å². The molecule has 1 heterocycles. The maximum absolute atomic E-state index is 12.2. The van der Waals surface area contributed by atoms with E-state index in [2.05, 4.69) is 10.0 Å². The van der Waals surface area contributed by atoms with Crippen LogP contribution in [0.2, 0.25) is 0 Å². The second kappa shape index (κ2) is 9.26. The average molecular weight is 364 g/mol. The minimum Gasteiger partial charge on any atom is -0.319 e. The van der Waals surface area contributed by atoms with Crippen molar-refractivity contribution in [3.63, 3.8) is 0 Å². The van der Waals surface area contributed by atoms with Crippen LogP contribution in [0.15, 0.2) is 0 Å². The predicted octanol–water partition coefficient (Wildman–Crippen LogP) is -0.391. The molecule has 21 heavy (non-hydrogen) atoms. The fourth-order valence-electron chi connectivity index (χ4n) is 2.29. The van der Waals surface area contributed by atoms with E-state index in [9.17, 15) is 16.8 Å². The Morgan fingerprint density at radius 1 is 1.24 bits per heavy atom. The molecule has 1 unspecified atom stereocenters. The lowest BCUT2D eigenvalue weighted by Gasteiger charge is -2.31. The highest BCUT2D eigenvalue weighted by Crippen LogP contribution is 2.18. The third-order valence-electron chi connectivity index (χ3n) is 3.43. The Hall–Kier alpha value is 0.0700. The van der Waals surface area contributed by atoms with E-state index in [-0.39, 0.29) is 30.5 Å². The molecule has 0 aromatic carbocycles. The van der Waals surface area contributed by atoms with Gasteiger partial charge in [-0.1, -0.05) is 0 Å². The van der Waals surface area contributed by atoms with Gasteiger partial charge in [0.05, 0.1) is 11.5 Å². The molecule has 1 saturated heterocycles. The maximum atomic E-state index is 12.2. The average Bonchev–Trinajstić information content (AvgIpc) is 2.39. The van der Waals surface area contributed by atoms with Crippen molar-refractivity contribution < 1.29 is 16.8 Å². The molecule has 0 spiro atoms. The van der Waals surface area contributed by atoms with E-state index in [0.29, 0.717) is 19.0 Å². The van der Waals surface area contributed by atoms with Crippen LogP contribution in [0.5, 0.6) is 0 Å². The first-order valence-electron chi connectivity index (χ1n) is 6.90. The molecular formula is C11H26ClN3O4S2. The van der Waals surface area contributed by atoms with Gasteiger partial charge < -0.3 is 5.32 Å². The van der Waals surface area contributed by atoms with Crippen LogP contribution in [0.3, 0.4) is 0 Å². The molecular weight excluding hydrogens is 338 g/mol. The van der Waals surface area contributed by atoms with Crippen LogP contribution < -0.4 is 10.0 Å². The van der Waals surface area contributed by atoms with Crippen molar-refractivity contribution in [3.05, 3.63) is 0 Å². The predicted molar refractivity (Wildman–Crippen MR) is 86.7 cm³/mol. The van der Waals surface area contributed by atoms with Crippen molar-refractivity contribution in [3.8, 4) is 0 Å².